The molecule has 0 aromatic carbocycles. The second-order valence-corrected chi connectivity index (χ2v) is 7.68. The summed E-state index contributed by atoms with van der Waals surface area (Å²) in [6.07, 6.45) is 22.0. The lowest BCUT2D eigenvalue weighted by molar-refractivity contribution is -0.0327. The maximum absolute atomic E-state index is 6.06. The molecule has 2 heteroatoms. The zero-order chi connectivity index (χ0) is 17.3. The van der Waals surface area contributed by atoms with Crippen molar-refractivity contribution in [3.05, 3.63) is 0 Å². The lowest BCUT2D eigenvalue weighted by Crippen LogP contribution is -2.27. The Kier molecular flexibility index (Phi) is 15.0. The first-order chi connectivity index (χ1) is 11.9. The minimum absolute atomic E-state index is 0.509. The molecule has 1 aliphatic rings. The van der Waals surface area contributed by atoms with Gasteiger partial charge < -0.3 is 9.47 Å². The Hall–Kier alpha value is -0.0800. The summed E-state index contributed by atoms with van der Waals surface area (Å²) >= 11 is 0. The third-order valence-electron chi connectivity index (χ3n) is 5.32. The van der Waals surface area contributed by atoms with Gasteiger partial charge in [0, 0.05) is 13.2 Å². The molecular formula is C22H44O2. The molecule has 144 valence electrons. The van der Waals surface area contributed by atoms with Crippen LogP contribution in [0.15, 0.2) is 0 Å². The van der Waals surface area contributed by atoms with Crippen molar-refractivity contribution in [1.29, 1.82) is 0 Å². The van der Waals surface area contributed by atoms with E-state index in [2.05, 4.69) is 13.8 Å². The predicted octanol–water partition coefficient (Wildman–Crippen LogP) is 7.05. The standard InChI is InChI=1S/C22H44O2/c1-3-5-7-9-11-13-19-23-21-15-17-22(18-16-21)24-20-14-12-10-8-6-4-2/h21-22H,3-20H2,1-2H3. The maximum Gasteiger partial charge on any atom is 0.0577 e. The number of unbranched alkanes of at least 4 members (excludes halogenated alkanes) is 10. The van der Waals surface area contributed by atoms with Crippen molar-refractivity contribution >= 4 is 0 Å². The van der Waals surface area contributed by atoms with Gasteiger partial charge in [-0.05, 0) is 38.5 Å². The Morgan fingerprint density at radius 2 is 0.833 bits per heavy atom. The van der Waals surface area contributed by atoms with Crippen LogP contribution >= 0.6 is 0 Å². The first kappa shape index (κ1) is 22.0. The predicted molar refractivity (Wildman–Crippen MR) is 105 cm³/mol. The SMILES string of the molecule is CCCCCCCCOC1CCC(OCCCCCCCC)CC1. The highest BCUT2D eigenvalue weighted by molar-refractivity contribution is 4.73. The van der Waals surface area contributed by atoms with Crippen molar-refractivity contribution in [3.8, 4) is 0 Å². The van der Waals surface area contributed by atoms with E-state index in [1.54, 1.807) is 0 Å². The zero-order valence-electron chi connectivity index (χ0n) is 16.7. The van der Waals surface area contributed by atoms with Crippen LogP contribution < -0.4 is 0 Å². The summed E-state index contributed by atoms with van der Waals surface area (Å²) in [5, 5.41) is 0. The zero-order valence-corrected chi connectivity index (χ0v) is 16.7. The van der Waals surface area contributed by atoms with Crippen molar-refractivity contribution in [1.82, 2.24) is 0 Å². The first-order valence-corrected chi connectivity index (χ1v) is 11.1. The van der Waals surface area contributed by atoms with Gasteiger partial charge in [-0.15, -0.1) is 0 Å². The molecule has 2 nitrogen and oxygen atoms in total. The van der Waals surface area contributed by atoms with Gasteiger partial charge in [0.25, 0.3) is 0 Å². The van der Waals surface area contributed by atoms with E-state index >= 15 is 0 Å². The van der Waals surface area contributed by atoms with Crippen LogP contribution in [0.3, 0.4) is 0 Å². The first-order valence-electron chi connectivity index (χ1n) is 11.1. The second-order valence-electron chi connectivity index (χ2n) is 7.68. The fraction of sp³-hybridized carbons (Fsp3) is 1.00. The Bertz CT molecular complexity index is 220. The topological polar surface area (TPSA) is 18.5 Å². The van der Waals surface area contributed by atoms with Gasteiger partial charge in [-0.2, -0.15) is 0 Å². The monoisotopic (exact) mass is 340 g/mol. The van der Waals surface area contributed by atoms with E-state index in [1.807, 2.05) is 0 Å². The van der Waals surface area contributed by atoms with Crippen molar-refractivity contribution in [2.75, 3.05) is 13.2 Å². The third-order valence-corrected chi connectivity index (χ3v) is 5.32. The number of hydrogen-bond donors (Lipinski definition) is 0. The minimum atomic E-state index is 0.509. The molecule has 1 rings (SSSR count). The average Bonchev–Trinajstić information content (AvgIpc) is 2.61. The highest BCUT2D eigenvalue weighted by Gasteiger charge is 2.21. The van der Waals surface area contributed by atoms with Gasteiger partial charge in [0.05, 0.1) is 12.2 Å². The van der Waals surface area contributed by atoms with Crippen molar-refractivity contribution < 1.29 is 9.47 Å². The molecule has 24 heavy (non-hydrogen) atoms. The van der Waals surface area contributed by atoms with E-state index in [9.17, 15) is 0 Å². The van der Waals surface area contributed by atoms with Crippen LogP contribution in [0.1, 0.15) is 117 Å². The summed E-state index contributed by atoms with van der Waals surface area (Å²) in [6.45, 7) is 6.49. The van der Waals surface area contributed by atoms with Gasteiger partial charge in [-0.3, -0.25) is 0 Å². The van der Waals surface area contributed by atoms with Crippen LogP contribution in [0.5, 0.6) is 0 Å². The molecule has 0 aromatic rings. The average molecular weight is 341 g/mol. The molecule has 0 aromatic heterocycles. The molecule has 0 aliphatic heterocycles. The van der Waals surface area contributed by atoms with Crippen LogP contribution in [0.2, 0.25) is 0 Å². The van der Waals surface area contributed by atoms with E-state index in [1.165, 1.54) is 103 Å². The van der Waals surface area contributed by atoms with Crippen molar-refractivity contribution in [3.63, 3.8) is 0 Å². The summed E-state index contributed by atoms with van der Waals surface area (Å²) in [5.41, 5.74) is 0. The minimum Gasteiger partial charge on any atom is -0.378 e. The lowest BCUT2D eigenvalue weighted by atomic mass is 9.95. The van der Waals surface area contributed by atoms with Gasteiger partial charge in [-0.1, -0.05) is 78.1 Å². The molecule has 1 aliphatic carbocycles. The Morgan fingerprint density at radius 3 is 1.21 bits per heavy atom. The van der Waals surface area contributed by atoms with Gasteiger partial charge >= 0.3 is 0 Å². The largest absolute Gasteiger partial charge is 0.378 e. The molecule has 0 spiro atoms. The molecule has 0 heterocycles. The summed E-state index contributed by atoms with van der Waals surface area (Å²) in [5.74, 6) is 0. The van der Waals surface area contributed by atoms with E-state index in [4.69, 9.17) is 9.47 Å². The summed E-state index contributed by atoms with van der Waals surface area (Å²) < 4.78 is 12.1. The Morgan fingerprint density at radius 1 is 0.500 bits per heavy atom. The van der Waals surface area contributed by atoms with Crippen LogP contribution in [0.4, 0.5) is 0 Å². The van der Waals surface area contributed by atoms with E-state index in [0.29, 0.717) is 12.2 Å². The van der Waals surface area contributed by atoms with Crippen molar-refractivity contribution in [2.24, 2.45) is 0 Å². The number of hydrogen-bond acceptors (Lipinski definition) is 2. The molecule has 0 bridgehead atoms. The van der Waals surface area contributed by atoms with E-state index in [-0.39, 0.29) is 0 Å². The van der Waals surface area contributed by atoms with Gasteiger partial charge in [0.2, 0.25) is 0 Å². The van der Waals surface area contributed by atoms with E-state index in [0.717, 1.165) is 13.2 Å². The molecule has 1 fully saturated rings. The van der Waals surface area contributed by atoms with Gasteiger partial charge in [-0.25, -0.2) is 0 Å². The Balaban J connectivity index is 1.85. The number of ether oxygens (including phenoxy) is 2. The van der Waals surface area contributed by atoms with Gasteiger partial charge in [0.15, 0.2) is 0 Å². The van der Waals surface area contributed by atoms with Crippen LogP contribution in [0.25, 0.3) is 0 Å². The summed E-state index contributed by atoms with van der Waals surface area (Å²) in [4.78, 5) is 0. The third kappa shape index (κ3) is 12.3. The van der Waals surface area contributed by atoms with Crippen molar-refractivity contribution in [2.45, 2.75) is 129 Å². The van der Waals surface area contributed by atoms with Gasteiger partial charge in [0.1, 0.15) is 0 Å². The molecule has 0 radical (unpaired) electrons. The molecule has 0 amide bonds. The van der Waals surface area contributed by atoms with Crippen LogP contribution in [-0.4, -0.2) is 25.4 Å². The molecule has 0 N–H and O–H groups in total. The summed E-state index contributed by atoms with van der Waals surface area (Å²) in [6, 6.07) is 0. The molecular weight excluding hydrogens is 296 g/mol. The number of rotatable bonds is 16. The normalized spacial score (nSPS) is 21.2. The smallest absolute Gasteiger partial charge is 0.0577 e. The molecule has 0 atom stereocenters. The summed E-state index contributed by atoms with van der Waals surface area (Å²) in [7, 11) is 0. The highest BCUT2D eigenvalue weighted by atomic mass is 16.5. The molecule has 1 saturated carbocycles. The fourth-order valence-electron chi connectivity index (χ4n) is 3.63. The molecule has 0 unspecified atom stereocenters. The highest BCUT2D eigenvalue weighted by Crippen LogP contribution is 2.24. The Labute approximate surface area is 152 Å². The fourth-order valence-corrected chi connectivity index (χ4v) is 3.63. The van der Waals surface area contributed by atoms with Crippen LogP contribution in [0, 0.1) is 0 Å². The molecule has 0 saturated heterocycles. The quantitative estimate of drug-likeness (QED) is 0.280. The van der Waals surface area contributed by atoms with E-state index < -0.39 is 0 Å². The maximum atomic E-state index is 6.06. The second kappa shape index (κ2) is 16.4. The lowest BCUT2D eigenvalue weighted by Gasteiger charge is -2.28. The van der Waals surface area contributed by atoms with Crippen LogP contribution in [-0.2, 0) is 9.47 Å².